The molecule has 0 bridgehead atoms. The molecule has 1 aliphatic heterocycles. The molecular formula is C11H22N2. The predicted molar refractivity (Wildman–Crippen MR) is 55.5 cm³/mol. The molecule has 0 aromatic carbocycles. The fraction of sp³-hybridized carbons (Fsp3) is 1.00. The van der Waals surface area contributed by atoms with Gasteiger partial charge >= 0.3 is 0 Å². The molecule has 13 heavy (non-hydrogen) atoms. The Balaban J connectivity index is 1.89. The van der Waals surface area contributed by atoms with Crippen molar-refractivity contribution in [2.75, 3.05) is 19.6 Å². The molecule has 1 saturated carbocycles. The van der Waals surface area contributed by atoms with Gasteiger partial charge in [-0.3, -0.25) is 4.90 Å². The van der Waals surface area contributed by atoms with Gasteiger partial charge in [-0.2, -0.15) is 0 Å². The van der Waals surface area contributed by atoms with Crippen LogP contribution in [-0.2, 0) is 0 Å². The molecule has 2 aliphatic rings. The molecule has 1 aliphatic carbocycles. The lowest BCUT2D eigenvalue weighted by Crippen LogP contribution is -2.51. The van der Waals surface area contributed by atoms with E-state index in [1.54, 1.807) is 0 Å². The van der Waals surface area contributed by atoms with Gasteiger partial charge in [-0.25, -0.2) is 0 Å². The van der Waals surface area contributed by atoms with Crippen molar-refractivity contribution < 1.29 is 0 Å². The quantitative estimate of drug-likeness (QED) is 0.700. The van der Waals surface area contributed by atoms with Crippen LogP contribution in [-0.4, -0.2) is 30.6 Å². The normalized spacial score (nSPS) is 39.0. The topological polar surface area (TPSA) is 29.3 Å². The van der Waals surface area contributed by atoms with Gasteiger partial charge in [0.25, 0.3) is 0 Å². The molecule has 0 aromatic heterocycles. The summed E-state index contributed by atoms with van der Waals surface area (Å²) in [5, 5.41) is 0. The van der Waals surface area contributed by atoms with E-state index >= 15 is 0 Å². The van der Waals surface area contributed by atoms with Crippen LogP contribution in [0.15, 0.2) is 0 Å². The number of likely N-dealkylation sites (tertiary alicyclic amines) is 1. The minimum atomic E-state index is 0.573. The first-order chi connectivity index (χ1) is 6.13. The zero-order chi connectivity index (χ0) is 9.47. The first-order valence-electron chi connectivity index (χ1n) is 5.57. The third-order valence-corrected chi connectivity index (χ3v) is 4.06. The van der Waals surface area contributed by atoms with Crippen molar-refractivity contribution in [3.8, 4) is 0 Å². The Morgan fingerprint density at radius 3 is 2.54 bits per heavy atom. The van der Waals surface area contributed by atoms with Crippen LogP contribution < -0.4 is 5.73 Å². The standard InChI is InChI=1S/C11H22N2/c1-11(2)5-3-10(11)13-6-4-9(7-12)8-13/h9-10H,3-8,12H2,1-2H3. The summed E-state index contributed by atoms with van der Waals surface area (Å²) in [6, 6.07) is 0.851. The maximum atomic E-state index is 5.70. The van der Waals surface area contributed by atoms with E-state index in [-0.39, 0.29) is 0 Å². The number of rotatable bonds is 2. The van der Waals surface area contributed by atoms with Crippen LogP contribution in [0.3, 0.4) is 0 Å². The average Bonchev–Trinajstić information content (AvgIpc) is 2.51. The molecule has 2 atom stereocenters. The summed E-state index contributed by atoms with van der Waals surface area (Å²) in [6.07, 6.45) is 4.13. The van der Waals surface area contributed by atoms with E-state index in [4.69, 9.17) is 5.73 Å². The molecule has 1 heterocycles. The zero-order valence-corrected chi connectivity index (χ0v) is 8.92. The second-order valence-corrected chi connectivity index (χ2v) is 5.43. The Morgan fingerprint density at radius 2 is 2.15 bits per heavy atom. The van der Waals surface area contributed by atoms with Crippen molar-refractivity contribution in [2.45, 2.75) is 39.2 Å². The first kappa shape index (κ1) is 9.47. The van der Waals surface area contributed by atoms with Crippen LogP contribution in [0.5, 0.6) is 0 Å². The van der Waals surface area contributed by atoms with E-state index in [2.05, 4.69) is 18.7 Å². The number of hydrogen-bond acceptors (Lipinski definition) is 2. The highest BCUT2D eigenvalue weighted by Crippen LogP contribution is 2.44. The third kappa shape index (κ3) is 1.62. The maximum absolute atomic E-state index is 5.70. The van der Waals surface area contributed by atoms with Crippen LogP contribution in [0.25, 0.3) is 0 Å². The largest absolute Gasteiger partial charge is 0.330 e. The number of hydrogen-bond donors (Lipinski definition) is 1. The van der Waals surface area contributed by atoms with Gasteiger partial charge in [0.2, 0.25) is 0 Å². The fourth-order valence-corrected chi connectivity index (χ4v) is 2.87. The van der Waals surface area contributed by atoms with Gasteiger partial charge in [0.15, 0.2) is 0 Å². The molecule has 0 aromatic rings. The van der Waals surface area contributed by atoms with E-state index in [1.165, 1.54) is 32.4 Å². The highest BCUT2D eigenvalue weighted by molar-refractivity contribution is 4.97. The third-order valence-electron chi connectivity index (χ3n) is 4.06. The van der Waals surface area contributed by atoms with Crippen LogP contribution in [0, 0.1) is 11.3 Å². The van der Waals surface area contributed by atoms with Crippen molar-refractivity contribution in [1.29, 1.82) is 0 Å². The molecule has 0 radical (unpaired) electrons. The lowest BCUT2D eigenvalue weighted by atomic mass is 9.66. The summed E-state index contributed by atoms with van der Waals surface area (Å²) in [7, 11) is 0. The van der Waals surface area contributed by atoms with Gasteiger partial charge in [0.1, 0.15) is 0 Å². The Labute approximate surface area is 81.5 Å². The van der Waals surface area contributed by atoms with Crippen LogP contribution >= 0.6 is 0 Å². The predicted octanol–water partition coefficient (Wildman–Crippen LogP) is 1.46. The van der Waals surface area contributed by atoms with Crippen molar-refractivity contribution >= 4 is 0 Å². The molecule has 1 saturated heterocycles. The Bertz CT molecular complexity index is 189. The van der Waals surface area contributed by atoms with Crippen molar-refractivity contribution in [3.05, 3.63) is 0 Å². The number of nitrogens with zero attached hydrogens (tertiary/aromatic N) is 1. The van der Waals surface area contributed by atoms with E-state index in [0.717, 1.165) is 18.5 Å². The highest BCUT2D eigenvalue weighted by atomic mass is 15.2. The van der Waals surface area contributed by atoms with Crippen molar-refractivity contribution in [2.24, 2.45) is 17.1 Å². The second-order valence-electron chi connectivity index (χ2n) is 5.43. The zero-order valence-electron chi connectivity index (χ0n) is 8.92. The minimum absolute atomic E-state index is 0.573. The average molecular weight is 182 g/mol. The van der Waals surface area contributed by atoms with Gasteiger partial charge in [-0.05, 0) is 43.7 Å². The lowest BCUT2D eigenvalue weighted by molar-refractivity contribution is 0.0125. The van der Waals surface area contributed by atoms with Crippen LogP contribution in [0.2, 0.25) is 0 Å². The summed E-state index contributed by atoms with van der Waals surface area (Å²) in [5.74, 6) is 0.774. The summed E-state index contributed by atoms with van der Waals surface area (Å²) in [6.45, 7) is 8.22. The van der Waals surface area contributed by atoms with Gasteiger partial charge in [-0.15, -0.1) is 0 Å². The van der Waals surface area contributed by atoms with E-state index in [1.807, 2.05) is 0 Å². The maximum Gasteiger partial charge on any atom is 0.0147 e. The van der Waals surface area contributed by atoms with E-state index < -0.39 is 0 Å². The van der Waals surface area contributed by atoms with Gasteiger partial charge in [-0.1, -0.05) is 13.8 Å². The van der Waals surface area contributed by atoms with Gasteiger partial charge in [0.05, 0.1) is 0 Å². The summed E-state index contributed by atoms with van der Waals surface area (Å²) in [5.41, 5.74) is 6.27. The second kappa shape index (κ2) is 3.25. The molecule has 2 rings (SSSR count). The SMILES string of the molecule is CC1(C)CCC1N1CCC(CN)C1. The van der Waals surface area contributed by atoms with Crippen LogP contribution in [0.4, 0.5) is 0 Å². The lowest BCUT2D eigenvalue weighted by Gasteiger charge is -2.49. The molecule has 0 spiro atoms. The monoisotopic (exact) mass is 182 g/mol. The van der Waals surface area contributed by atoms with Gasteiger partial charge in [0, 0.05) is 12.6 Å². The molecular weight excluding hydrogens is 160 g/mol. The Hall–Kier alpha value is -0.0800. The summed E-state index contributed by atoms with van der Waals surface area (Å²) < 4.78 is 0. The molecule has 2 N–H and O–H groups in total. The summed E-state index contributed by atoms with van der Waals surface area (Å²) >= 11 is 0. The fourth-order valence-electron chi connectivity index (χ4n) is 2.87. The van der Waals surface area contributed by atoms with Gasteiger partial charge < -0.3 is 5.73 Å². The minimum Gasteiger partial charge on any atom is -0.330 e. The van der Waals surface area contributed by atoms with Crippen molar-refractivity contribution in [1.82, 2.24) is 4.90 Å². The summed E-state index contributed by atoms with van der Waals surface area (Å²) in [4.78, 5) is 2.67. The first-order valence-corrected chi connectivity index (χ1v) is 5.57. The molecule has 2 heteroatoms. The molecule has 76 valence electrons. The van der Waals surface area contributed by atoms with E-state index in [9.17, 15) is 0 Å². The Morgan fingerprint density at radius 1 is 1.38 bits per heavy atom. The molecule has 2 nitrogen and oxygen atoms in total. The molecule has 2 fully saturated rings. The Kier molecular flexibility index (Phi) is 2.37. The smallest absolute Gasteiger partial charge is 0.0147 e. The molecule has 2 unspecified atom stereocenters. The molecule has 0 amide bonds. The highest BCUT2D eigenvalue weighted by Gasteiger charge is 2.43. The van der Waals surface area contributed by atoms with Crippen molar-refractivity contribution in [3.63, 3.8) is 0 Å². The number of nitrogens with two attached hydrogens (primary N) is 1. The van der Waals surface area contributed by atoms with Crippen LogP contribution in [0.1, 0.15) is 33.1 Å². The van der Waals surface area contributed by atoms with E-state index in [0.29, 0.717) is 5.41 Å².